The molecule has 0 saturated heterocycles. The van der Waals surface area contributed by atoms with Crippen LogP contribution in [0.4, 0.5) is 4.39 Å². The molecule has 1 aromatic rings. The highest BCUT2D eigenvalue weighted by molar-refractivity contribution is 9.10. The molecule has 0 aliphatic rings. The number of hydrogen-bond acceptors (Lipinski definition) is 2. The SMILES string of the molecule is CC(O)(CC=O)Cc1ccc(F)cc1Br. The quantitative estimate of drug-likeness (QED) is 0.857. The molecule has 4 heteroatoms. The van der Waals surface area contributed by atoms with Crippen molar-refractivity contribution in [3.63, 3.8) is 0 Å². The molecule has 0 spiro atoms. The lowest BCUT2D eigenvalue weighted by molar-refractivity contribution is -0.111. The fraction of sp³-hybridized carbons (Fsp3) is 0.364. The van der Waals surface area contributed by atoms with Gasteiger partial charge in [0.05, 0.1) is 5.60 Å². The van der Waals surface area contributed by atoms with Crippen molar-refractivity contribution in [3.8, 4) is 0 Å². The van der Waals surface area contributed by atoms with Crippen LogP contribution in [-0.4, -0.2) is 17.0 Å². The van der Waals surface area contributed by atoms with Crippen molar-refractivity contribution < 1.29 is 14.3 Å². The summed E-state index contributed by atoms with van der Waals surface area (Å²) in [6.45, 7) is 1.58. The van der Waals surface area contributed by atoms with Gasteiger partial charge in [0.25, 0.3) is 0 Å². The molecule has 0 radical (unpaired) electrons. The Hall–Kier alpha value is -0.740. The first-order valence-electron chi connectivity index (χ1n) is 4.54. The third-order valence-corrected chi connectivity index (χ3v) is 2.85. The fourth-order valence-corrected chi connectivity index (χ4v) is 1.82. The van der Waals surface area contributed by atoms with Crippen molar-refractivity contribution in [1.82, 2.24) is 0 Å². The molecule has 0 aliphatic heterocycles. The molecule has 82 valence electrons. The van der Waals surface area contributed by atoms with Crippen LogP contribution in [0.1, 0.15) is 18.9 Å². The van der Waals surface area contributed by atoms with Gasteiger partial charge in [-0.3, -0.25) is 0 Å². The smallest absolute Gasteiger partial charge is 0.124 e. The number of aliphatic hydroxyl groups is 1. The monoisotopic (exact) mass is 274 g/mol. The number of benzene rings is 1. The van der Waals surface area contributed by atoms with Gasteiger partial charge in [-0.25, -0.2) is 4.39 Å². The van der Waals surface area contributed by atoms with Crippen LogP contribution in [0.5, 0.6) is 0 Å². The highest BCUT2D eigenvalue weighted by Crippen LogP contribution is 2.23. The molecule has 1 atom stereocenters. The van der Waals surface area contributed by atoms with E-state index in [2.05, 4.69) is 15.9 Å². The highest BCUT2D eigenvalue weighted by atomic mass is 79.9. The Morgan fingerprint density at radius 1 is 1.60 bits per heavy atom. The van der Waals surface area contributed by atoms with E-state index < -0.39 is 5.60 Å². The Kier molecular flexibility index (Phi) is 3.99. The molecule has 1 unspecified atom stereocenters. The Bertz CT molecular complexity index is 364. The minimum atomic E-state index is -1.08. The molecule has 0 aromatic heterocycles. The summed E-state index contributed by atoms with van der Waals surface area (Å²) < 4.78 is 13.4. The Morgan fingerprint density at radius 2 is 2.27 bits per heavy atom. The van der Waals surface area contributed by atoms with Crippen molar-refractivity contribution in [2.45, 2.75) is 25.4 Å². The van der Waals surface area contributed by atoms with E-state index in [0.29, 0.717) is 17.2 Å². The van der Waals surface area contributed by atoms with Crippen molar-refractivity contribution in [1.29, 1.82) is 0 Å². The number of halogens is 2. The molecule has 0 fully saturated rings. The number of carbonyl (C=O) groups is 1. The molecular weight excluding hydrogens is 263 g/mol. The first kappa shape index (κ1) is 12.3. The van der Waals surface area contributed by atoms with Crippen LogP contribution < -0.4 is 0 Å². The van der Waals surface area contributed by atoms with Crippen LogP contribution in [0.3, 0.4) is 0 Å². The summed E-state index contributed by atoms with van der Waals surface area (Å²) in [5.41, 5.74) is -0.300. The van der Waals surface area contributed by atoms with Gasteiger partial charge in [-0.15, -0.1) is 0 Å². The number of aldehydes is 1. The molecule has 0 amide bonds. The largest absolute Gasteiger partial charge is 0.389 e. The van der Waals surface area contributed by atoms with E-state index in [0.717, 1.165) is 5.56 Å². The average Bonchev–Trinajstić information content (AvgIpc) is 2.09. The van der Waals surface area contributed by atoms with Crippen molar-refractivity contribution >= 4 is 22.2 Å². The molecule has 0 heterocycles. The van der Waals surface area contributed by atoms with Crippen LogP contribution in [-0.2, 0) is 11.2 Å². The normalized spacial score (nSPS) is 14.7. The lowest BCUT2D eigenvalue weighted by atomic mass is 9.94. The van der Waals surface area contributed by atoms with Gasteiger partial charge >= 0.3 is 0 Å². The molecule has 0 saturated carbocycles. The molecule has 1 N–H and O–H groups in total. The summed E-state index contributed by atoms with van der Waals surface area (Å²) >= 11 is 3.21. The standard InChI is InChI=1S/C11H12BrFO2/c1-11(15,4-5-14)7-8-2-3-9(13)6-10(8)12/h2-3,5-6,15H,4,7H2,1H3. The molecule has 15 heavy (non-hydrogen) atoms. The summed E-state index contributed by atoms with van der Waals surface area (Å²) in [6, 6.07) is 4.27. The van der Waals surface area contributed by atoms with E-state index in [4.69, 9.17) is 0 Å². The third kappa shape index (κ3) is 3.72. The maximum absolute atomic E-state index is 12.8. The molecule has 0 bridgehead atoms. The molecule has 1 aromatic carbocycles. The van der Waals surface area contributed by atoms with E-state index in [-0.39, 0.29) is 12.2 Å². The zero-order chi connectivity index (χ0) is 11.5. The van der Waals surface area contributed by atoms with Gasteiger partial charge in [0.1, 0.15) is 12.1 Å². The van der Waals surface area contributed by atoms with Crippen molar-refractivity contribution in [2.24, 2.45) is 0 Å². The van der Waals surface area contributed by atoms with Gasteiger partial charge in [-0.2, -0.15) is 0 Å². The van der Waals surface area contributed by atoms with E-state index in [9.17, 15) is 14.3 Å². The number of rotatable bonds is 4. The minimum Gasteiger partial charge on any atom is -0.389 e. The first-order chi connectivity index (χ1) is 6.94. The van der Waals surface area contributed by atoms with E-state index in [1.54, 1.807) is 13.0 Å². The number of carbonyl (C=O) groups excluding carboxylic acids is 1. The lowest BCUT2D eigenvalue weighted by Crippen LogP contribution is -2.27. The van der Waals surface area contributed by atoms with Crippen LogP contribution in [0.2, 0.25) is 0 Å². The predicted octanol–water partition coefficient (Wildman–Crippen LogP) is 2.47. The predicted molar refractivity (Wildman–Crippen MR) is 59.1 cm³/mol. The van der Waals surface area contributed by atoms with Gasteiger partial charge < -0.3 is 9.90 Å². The zero-order valence-electron chi connectivity index (χ0n) is 8.34. The van der Waals surface area contributed by atoms with Gasteiger partial charge in [-0.1, -0.05) is 22.0 Å². The molecule has 0 aliphatic carbocycles. The second-order valence-corrected chi connectivity index (χ2v) is 4.63. The summed E-state index contributed by atoms with van der Waals surface area (Å²) in [5.74, 6) is -0.333. The topological polar surface area (TPSA) is 37.3 Å². The van der Waals surface area contributed by atoms with E-state index in [1.807, 2.05) is 0 Å². The summed E-state index contributed by atoms with van der Waals surface area (Å²) in [6.07, 6.45) is 1.06. The van der Waals surface area contributed by atoms with E-state index in [1.165, 1.54) is 12.1 Å². The molecular formula is C11H12BrFO2. The van der Waals surface area contributed by atoms with Crippen molar-refractivity contribution in [3.05, 3.63) is 34.1 Å². The Balaban J connectivity index is 2.84. The lowest BCUT2D eigenvalue weighted by Gasteiger charge is -2.21. The Morgan fingerprint density at radius 3 is 2.80 bits per heavy atom. The maximum atomic E-state index is 12.8. The van der Waals surface area contributed by atoms with E-state index >= 15 is 0 Å². The van der Waals surface area contributed by atoms with Gasteiger partial charge in [0.15, 0.2) is 0 Å². The minimum absolute atomic E-state index is 0.0663. The summed E-state index contributed by atoms with van der Waals surface area (Å²) in [4.78, 5) is 10.3. The Labute approximate surface area is 96.2 Å². The van der Waals surface area contributed by atoms with Gasteiger partial charge in [0.2, 0.25) is 0 Å². The van der Waals surface area contributed by atoms with Crippen LogP contribution >= 0.6 is 15.9 Å². The summed E-state index contributed by atoms with van der Waals surface area (Å²) in [7, 11) is 0. The highest BCUT2D eigenvalue weighted by Gasteiger charge is 2.21. The van der Waals surface area contributed by atoms with Crippen LogP contribution in [0.25, 0.3) is 0 Å². The van der Waals surface area contributed by atoms with Gasteiger partial charge in [0, 0.05) is 17.3 Å². The molecule has 1 rings (SSSR count). The fourth-order valence-electron chi connectivity index (χ4n) is 1.33. The second kappa shape index (κ2) is 4.86. The third-order valence-electron chi connectivity index (χ3n) is 2.11. The first-order valence-corrected chi connectivity index (χ1v) is 5.34. The second-order valence-electron chi connectivity index (χ2n) is 3.78. The van der Waals surface area contributed by atoms with Crippen LogP contribution in [0, 0.1) is 5.82 Å². The maximum Gasteiger partial charge on any atom is 0.124 e. The van der Waals surface area contributed by atoms with Crippen LogP contribution in [0.15, 0.2) is 22.7 Å². The average molecular weight is 275 g/mol. The zero-order valence-corrected chi connectivity index (χ0v) is 9.92. The molecule has 2 nitrogen and oxygen atoms in total. The van der Waals surface area contributed by atoms with Gasteiger partial charge in [-0.05, 0) is 24.6 Å². The summed E-state index contributed by atoms with van der Waals surface area (Å²) in [5, 5.41) is 9.82. The number of hydrogen-bond donors (Lipinski definition) is 1. The van der Waals surface area contributed by atoms with Crippen molar-refractivity contribution in [2.75, 3.05) is 0 Å².